The quantitative estimate of drug-likeness (QED) is 0.930. The van der Waals surface area contributed by atoms with E-state index in [0.29, 0.717) is 6.54 Å². The summed E-state index contributed by atoms with van der Waals surface area (Å²) in [6.07, 6.45) is 5.59. The van der Waals surface area contributed by atoms with Crippen molar-refractivity contribution < 1.29 is 4.74 Å². The molecule has 0 spiro atoms. The molecule has 0 saturated heterocycles. The fraction of sp³-hybridized carbons (Fsp3) is 0.357. The Bertz CT molecular complexity index is 594. The highest BCUT2D eigenvalue weighted by Gasteiger charge is 2.17. The van der Waals surface area contributed by atoms with Gasteiger partial charge in [0.15, 0.2) is 0 Å². The van der Waals surface area contributed by atoms with Gasteiger partial charge in [-0.05, 0) is 24.2 Å². The van der Waals surface area contributed by atoms with Gasteiger partial charge in [0.05, 0.1) is 25.2 Å². The van der Waals surface area contributed by atoms with Gasteiger partial charge in [0, 0.05) is 29.6 Å². The Kier molecular flexibility index (Phi) is 3.44. The number of nitrogens with two attached hydrogens (primary N) is 1. The van der Waals surface area contributed by atoms with E-state index in [2.05, 4.69) is 4.98 Å². The molecule has 1 aromatic carbocycles. The summed E-state index contributed by atoms with van der Waals surface area (Å²) in [5.41, 5.74) is 8.85. The molecule has 0 bridgehead atoms. The van der Waals surface area contributed by atoms with E-state index >= 15 is 0 Å². The van der Waals surface area contributed by atoms with Gasteiger partial charge in [0.2, 0.25) is 0 Å². The summed E-state index contributed by atoms with van der Waals surface area (Å²) in [4.78, 5) is 4.33. The Balaban J connectivity index is 1.86. The van der Waals surface area contributed by atoms with Gasteiger partial charge in [-0.15, -0.1) is 0 Å². The largest absolute Gasteiger partial charge is 0.493 e. The maximum absolute atomic E-state index is 6.15. The van der Waals surface area contributed by atoms with Crippen molar-refractivity contribution in [3.8, 4) is 5.75 Å². The summed E-state index contributed by atoms with van der Waals surface area (Å²) < 4.78 is 7.74. The van der Waals surface area contributed by atoms with Crippen molar-refractivity contribution in [3.05, 3.63) is 46.5 Å². The molecular weight excluding hydrogens is 262 g/mol. The van der Waals surface area contributed by atoms with E-state index in [1.165, 1.54) is 5.56 Å². The van der Waals surface area contributed by atoms with Crippen LogP contribution in [0.4, 0.5) is 0 Å². The van der Waals surface area contributed by atoms with Gasteiger partial charge >= 0.3 is 0 Å². The molecule has 0 unspecified atom stereocenters. The van der Waals surface area contributed by atoms with Crippen molar-refractivity contribution >= 4 is 11.6 Å². The maximum atomic E-state index is 6.15. The molecule has 19 heavy (non-hydrogen) atoms. The standard InChI is InChI=1S/C14H16ClN3O/c15-12-5-10-2-4-19-14(10)11(6-12)7-18-8-13(1-3-16)17-9-18/h5-6,8-9H,1-4,7,16H2. The van der Waals surface area contributed by atoms with Gasteiger partial charge in [-0.3, -0.25) is 0 Å². The second-order valence-corrected chi connectivity index (χ2v) is 5.16. The third kappa shape index (κ3) is 2.60. The van der Waals surface area contributed by atoms with Crippen LogP contribution in [0, 0.1) is 0 Å². The summed E-state index contributed by atoms with van der Waals surface area (Å²) in [7, 11) is 0. The molecule has 1 aromatic heterocycles. The number of benzene rings is 1. The molecular formula is C14H16ClN3O. The Morgan fingerprint density at radius 2 is 2.32 bits per heavy atom. The fourth-order valence-electron chi connectivity index (χ4n) is 2.43. The summed E-state index contributed by atoms with van der Waals surface area (Å²) in [5.74, 6) is 0.985. The van der Waals surface area contributed by atoms with Gasteiger partial charge in [-0.25, -0.2) is 4.98 Å². The predicted molar refractivity (Wildman–Crippen MR) is 74.7 cm³/mol. The predicted octanol–water partition coefficient (Wildman–Crippen LogP) is 2.02. The first-order valence-electron chi connectivity index (χ1n) is 6.41. The van der Waals surface area contributed by atoms with E-state index in [9.17, 15) is 0 Å². The van der Waals surface area contributed by atoms with Gasteiger partial charge in [-0.2, -0.15) is 0 Å². The van der Waals surface area contributed by atoms with E-state index in [4.69, 9.17) is 22.1 Å². The highest BCUT2D eigenvalue weighted by Crippen LogP contribution is 2.33. The number of fused-ring (bicyclic) bond motifs is 1. The number of ether oxygens (including phenoxy) is 1. The van der Waals surface area contributed by atoms with Crippen molar-refractivity contribution in [1.29, 1.82) is 0 Å². The molecule has 4 nitrogen and oxygen atoms in total. The third-order valence-corrected chi connectivity index (χ3v) is 3.48. The van der Waals surface area contributed by atoms with Crippen LogP contribution >= 0.6 is 11.6 Å². The minimum absolute atomic E-state index is 0.618. The molecule has 2 N–H and O–H groups in total. The van der Waals surface area contributed by atoms with E-state index in [1.54, 1.807) is 0 Å². The number of nitrogens with zero attached hydrogens (tertiary/aromatic N) is 2. The van der Waals surface area contributed by atoms with Crippen LogP contribution in [0.15, 0.2) is 24.7 Å². The van der Waals surface area contributed by atoms with Gasteiger partial charge in [0.1, 0.15) is 5.75 Å². The molecule has 3 rings (SSSR count). The van der Waals surface area contributed by atoms with Crippen LogP contribution in [0.5, 0.6) is 5.75 Å². The van der Waals surface area contributed by atoms with Crippen LogP contribution in [0.1, 0.15) is 16.8 Å². The Morgan fingerprint density at radius 1 is 1.42 bits per heavy atom. The van der Waals surface area contributed by atoms with E-state index in [1.807, 2.05) is 29.2 Å². The number of halogens is 1. The first kappa shape index (κ1) is 12.5. The first-order valence-corrected chi connectivity index (χ1v) is 6.79. The molecule has 0 atom stereocenters. The second kappa shape index (κ2) is 5.23. The van der Waals surface area contributed by atoms with Gasteiger partial charge in [0.25, 0.3) is 0 Å². The van der Waals surface area contributed by atoms with E-state index < -0.39 is 0 Å². The SMILES string of the molecule is NCCc1cn(Cc2cc(Cl)cc3c2OCC3)cn1. The average molecular weight is 278 g/mol. The molecule has 5 heteroatoms. The number of aromatic nitrogens is 2. The highest BCUT2D eigenvalue weighted by atomic mass is 35.5. The molecule has 0 amide bonds. The summed E-state index contributed by atoms with van der Waals surface area (Å²) in [6.45, 7) is 2.08. The maximum Gasteiger partial charge on any atom is 0.127 e. The zero-order valence-electron chi connectivity index (χ0n) is 10.6. The van der Waals surface area contributed by atoms with Crippen LogP contribution in [-0.4, -0.2) is 22.7 Å². The van der Waals surface area contributed by atoms with Crippen LogP contribution in [0.25, 0.3) is 0 Å². The highest BCUT2D eigenvalue weighted by molar-refractivity contribution is 6.30. The summed E-state index contributed by atoms with van der Waals surface area (Å²) in [5, 5.41) is 0.765. The summed E-state index contributed by atoms with van der Waals surface area (Å²) in [6, 6.07) is 3.95. The number of imidazole rings is 1. The third-order valence-electron chi connectivity index (χ3n) is 3.27. The molecule has 0 fully saturated rings. The van der Waals surface area contributed by atoms with Gasteiger partial charge in [-0.1, -0.05) is 11.6 Å². The van der Waals surface area contributed by atoms with Crippen molar-refractivity contribution in [2.75, 3.05) is 13.2 Å². The molecule has 0 saturated carbocycles. The van der Waals surface area contributed by atoms with Crippen molar-refractivity contribution in [2.45, 2.75) is 19.4 Å². The van der Waals surface area contributed by atoms with Gasteiger partial charge < -0.3 is 15.0 Å². The smallest absolute Gasteiger partial charge is 0.127 e. The topological polar surface area (TPSA) is 53.1 Å². The van der Waals surface area contributed by atoms with Crippen LogP contribution in [0.2, 0.25) is 5.02 Å². The number of rotatable bonds is 4. The summed E-state index contributed by atoms with van der Waals surface area (Å²) >= 11 is 6.15. The van der Waals surface area contributed by atoms with Crippen molar-refractivity contribution in [2.24, 2.45) is 5.73 Å². The molecule has 2 aromatic rings. The lowest BCUT2D eigenvalue weighted by atomic mass is 10.1. The van der Waals surface area contributed by atoms with Crippen molar-refractivity contribution in [1.82, 2.24) is 9.55 Å². The van der Waals surface area contributed by atoms with E-state index in [-0.39, 0.29) is 0 Å². The fourth-order valence-corrected chi connectivity index (χ4v) is 2.69. The number of hydrogen-bond acceptors (Lipinski definition) is 3. The lowest BCUT2D eigenvalue weighted by Gasteiger charge is -2.09. The molecule has 1 aliphatic heterocycles. The molecule has 1 aliphatic rings. The number of hydrogen-bond donors (Lipinski definition) is 1. The Labute approximate surface area is 117 Å². The molecule has 0 radical (unpaired) electrons. The lowest BCUT2D eigenvalue weighted by Crippen LogP contribution is -2.03. The molecule has 100 valence electrons. The minimum Gasteiger partial charge on any atom is -0.493 e. The normalized spacial score (nSPS) is 13.4. The zero-order valence-corrected chi connectivity index (χ0v) is 11.4. The zero-order chi connectivity index (χ0) is 13.2. The Morgan fingerprint density at radius 3 is 3.16 bits per heavy atom. The first-order chi connectivity index (χ1) is 9.26. The van der Waals surface area contributed by atoms with Crippen molar-refractivity contribution in [3.63, 3.8) is 0 Å². The van der Waals surface area contributed by atoms with Crippen LogP contribution in [0.3, 0.4) is 0 Å². The monoisotopic (exact) mass is 277 g/mol. The minimum atomic E-state index is 0.618. The molecule has 2 heterocycles. The van der Waals surface area contributed by atoms with Crippen LogP contribution in [-0.2, 0) is 19.4 Å². The molecule has 0 aliphatic carbocycles. The van der Waals surface area contributed by atoms with Crippen LogP contribution < -0.4 is 10.5 Å². The second-order valence-electron chi connectivity index (χ2n) is 4.73. The Hall–Kier alpha value is -1.52. The average Bonchev–Trinajstić information content (AvgIpc) is 2.98. The lowest BCUT2D eigenvalue weighted by molar-refractivity contribution is 0.352. The van der Waals surface area contributed by atoms with E-state index in [0.717, 1.165) is 48.0 Å².